The fourth-order valence-electron chi connectivity index (χ4n) is 1.52. The molecular weight excluding hydrogens is 228 g/mol. The molecule has 0 aliphatic carbocycles. The molecule has 1 amide bonds. The van der Waals surface area contributed by atoms with Gasteiger partial charge in [-0.1, -0.05) is 12.1 Å². The number of amides is 1. The largest absolute Gasteiger partial charge is 0.494 e. The fourth-order valence-corrected chi connectivity index (χ4v) is 1.52. The predicted octanol–water partition coefficient (Wildman–Crippen LogP) is 1.83. The number of benzene rings is 1. The molecule has 0 spiro atoms. The van der Waals surface area contributed by atoms with Crippen LogP contribution in [-0.2, 0) is 11.3 Å². The zero-order valence-corrected chi connectivity index (χ0v) is 11.1. The minimum Gasteiger partial charge on any atom is -0.494 e. The number of nitrogens with one attached hydrogen (secondary N) is 1. The average Bonchev–Trinajstić information content (AvgIpc) is 2.36. The highest BCUT2D eigenvalue weighted by Gasteiger charge is 2.03. The van der Waals surface area contributed by atoms with Crippen molar-refractivity contribution >= 4 is 5.91 Å². The Bertz CT molecular complexity index is 361. The SMILES string of the molecule is CCOc1ccc(CNC(=O)CCC(C)N)cc1. The summed E-state index contributed by atoms with van der Waals surface area (Å²) < 4.78 is 5.35. The molecule has 0 fully saturated rings. The number of nitrogens with two attached hydrogens (primary N) is 1. The van der Waals surface area contributed by atoms with Gasteiger partial charge in [0.2, 0.25) is 5.91 Å². The Kier molecular flexibility index (Phi) is 6.22. The summed E-state index contributed by atoms with van der Waals surface area (Å²) in [6.45, 7) is 5.06. The van der Waals surface area contributed by atoms with E-state index in [4.69, 9.17) is 10.5 Å². The Labute approximate surface area is 109 Å². The van der Waals surface area contributed by atoms with Crippen molar-refractivity contribution in [2.45, 2.75) is 39.3 Å². The molecule has 1 aromatic carbocycles. The summed E-state index contributed by atoms with van der Waals surface area (Å²) >= 11 is 0. The van der Waals surface area contributed by atoms with Crippen molar-refractivity contribution in [3.63, 3.8) is 0 Å². The van der Waals surface area contributed by atoms with Gasteiger partial charge in [0.15, 0.2) is 0 Å². The van der Waals surface area contributed by atoms with Gasteiger partial charge in [-0.25, -0.2) is 0 Å². The van der Waals surface area contributed by atoms with Crippen molar-refractivity contribution in [2.24, 2.45) is 5.73 Å². The molecule has 0 aliphatic heterocycles. The lowest BCUT2D eigenvalue weighted by Crippen LogP contribution is -2.25. The first-order valence-corrected chi connectivity index (χ1v) is 6.35. The molecule has 4 heteroatoms. The predicted molar refractivity (Wildman–Crippen MR) is 72.3 cm³/mol. The maximum absolute atomic E-state index is 11.5. The number of hydrogen-bond acceptors (Lipinski definition) is 3. The van der Waals surface area contributed by atoms with Crippen molar-refractivity contribution in [3.8, 4) is 5.75 Å². The van der Waals surface area contributed by atoms with Crippen LogP contribution >= 0.6 is 0 Å². The van der Waals surface area contributed by atoms with Crippen molar-refractivity contribution in [1.29, 1.82) is 0 Å². The quantitative estimate of drug-likeness (QED) is 0.776. The zero-order valence-electron chi connectivity index (χ0n) is 11.1. The van der Waals surface area contributed by atoms with Crippen LogP contribution in [0.4, 0.5) is 0 Å². The van der Waals surface area contributed by atoms with E-state index < -0.39 is 0 Å². The molecular formula is C14H22N2O2. The minimum atomic E-state index is 0.0428. The van der Waals surface area contributed by atoms with E-state index >= 15 is 0 Å². The van der Waals surface area contributed by atoms with Crippen molar-refractivity contribution in [3.05, 3.63) is 29.8 Å². The van der Waals surface area contributed by atoms with Gasteiger partial charge < -0.3 is 15.8 Å². The Morgan fingerprint density at radius 3 is 2.61 bits per heavy atom. The van der Waals surface area contributed by atoms with Crippen LogP contribution in [-0.4, -0.2) is 18.6 Å². The number of ether oxygens (including phenoxy) is 1. The van der Waals surface area contributed by atoms with Crippen molar-refractivity contribution < 1.29 is 9.53 Å². The van der Waals surface area contributed by atoms with Crippen LogP contribution in [0.3, 0.4) is 0 Å². The third-order valence-corrected chi connectivity index (χ3v) is 2.55. The van der Waals surface area contributed by atoms with Gasteiger partial charge in [-0.3, -0.25) is 4.79 Å². The maximum Gasteiger partial charge on any atom is 0.220 e. The van der Waals surface area contributed by atoms with Crippen molar-refractivity contribution in [1.82, 2.24) is 5.32 Å². The number of carbonyl (C=O) groups excluding carboxylic acids is 1. The molecule has 0 aliphatic rings. The molecule has 0 radical (unpaired) electrons. The molecule has 1 unspecified atom stereocenters. The van der Waals surface area contributed by atoms with Gasteiger partial charge in [-0.05, 0) is 38.0 Å². The first-order chi connectivity index (χ1) is 8.61. The van der Waals surface area contributed by atoms with E-state index in [1.54, 1.807) is 0 Å². The summed E-state index contributed by atoms with van der Waals surface area (Å²) in [6, 6.07) is 7.80. The topological polar surface area (TPSA) is 64.3 Å². The van der Waals surface area contributed by atoms with E-state index in [-0.39, 0.29) is 11.9 Å². The van der Waals surface area contributed by atoms with Crippen LogP contribution in [0.15, 0.2) is 24.3 Å². The van der Waals surface area contributed by atoms with Crippen LogP contribution in [0.1, 0.15) is 32.3 Å². The zero-order chi connectivity index (χ0) is 13.4. The first-order valence-electron chi connectivity index (χ1n) is 6.35. The summed E-state index contributed by atoms with van der Waals surface area (Å²) in [5, 5.41) is 2.87. The van der Waals surface area contributed by atoms with E-state index in [9.17, 15) is 4.79 Å². The number of hydrogen-bond donors (Lipinski definition) is 2. The second-order valence-corrected chi connectivity index (χ2v) is 4.37. The Morgan fingerprint density at radius 2 is 2.06 bits per heavy atom. The van der Waals surface area contributed by atoms with Crippen LogP contribution in [0, 0.1) is 0 Å². The molecule has 0 heterocycles. The Hall–Kier alpha value is -1.55. The molecule has 0 bridgehead atoms. The highest BCUT2D eigenvalue weighted by molar-refractivity contribution is 5.75. The summed E-state index contributed by atoms with van der Waals surface area (Å²) in [6.07, 6.45) is 1.20. The van der Waals surface area contributed by atoms with Crippen LogP contribution in [0.25, 0.3) is 0 Å². The summed E-state index contributed by atoms with van der Waals surface area (Å²) in [4.78, 5) is 11.5. The number of carbonyl (C=O) groups is 1. The highest BCUT2D eigenvalue weighted by atomic mass is 16.5. The van der Waals surface area contributed by atoms with Gasteiger partial charge in [0.1, 0.15) is 5.75 Å². The molecule has 100 valence electrons. The molecule has 3 N–H and O–H groups in total. The Balaban J connectivity index is 2.32. The Morgan fingerprint density at radius 1 is 1.39 bits per heavy atom. The minimum absolute atomic E-state index is 0.0428. The summed E-state index contributed by atoms with van der Waals surface area (Å²) in [5.74, 6) is 0.894. The van der Waals surface area contributed by atoms with E-state index in [1.807, 2.05) is 38.1 Å². The van der Waals surface area contributed by atoms with Crippen LogP contribution < -0.4 is 15.8 Å². The average molecular weight is 250 g/mol. The lowest BCUT2D eigenvalue weighted by atomic mass is 10.2. The van der Waals surface area contributed by atoms with Gasteiger partial charge >= 0.3 is 0 Å². The third-order valence-electron chi connectivity index (χ3n) is 2.55. The lowest BCUT2D eigenvalue weighted by molar-refractivity contribution is -0.121. The summed E-state index contributed by atoms with van der Waals surface area (Å²) in [5.41, 5.74) is 6.66. The van der Waals surface area contributed by atoms with Gasteiger partial charge in [-0.2, -0.15) is 0 Å². The van der Waals surface area contributed by atoms with E-state index in [0.29, 0.717) is 19.6 Å². The van der Waals surface area contributed by atoms with Gasteiger partial charge in [-0.15, -0.1) is 0 Å². The molecule has 0 aromatic heterocycles. The summed E-state index contributed by atoms with van der Waals surface area (Å²) in [7, 11) is 0. The molecule has 4 nitrogen and oxygen atoms in total. The van der Waals surface area contributed by atoms with Gasteiger partial charge in [0, 0.05) is 19.0 Å². The van der Waals surface area contributed by atoms with Gasteiger partial charge in [0.05, 0.1) is 6.61 Å². The molecule has 0 saturated carbocycles. The molecule has 1 atom stereocenters. The second kappa shape index (κ2) is 7.71. The second-order valence-electron chi connectivity index (χ2n) is 4.37. The molecule has 1 aromatic rings. The van der Waals surface area contributed by atoms with Crippen LogP contribution in [0.5, 0.6) is 5.75 Å². The van der Waals surface area contributed by atoms with E-state index in [0.717, 1.165) is 17.7 Å². The molecule has 0 saturated heterocycles. The first kappa shape index (κ1) is 14.5. The monoisotopic (exact) mass is 250 g/mol. The molecule has 18 heavy (non-hydrogen) atoms. The fraction of sp³-hybridized carbons (Fsp3) is 0.500. The van der Waals surface area contributed by atoms with Crippen molar-refractivity contribution in [2.75, 3.05) is 6.61 Å². The highest BCUT2D eigenvalue weighted by Crippen LogP contribution is 2.11. The van der Waals surface area contributed by atoms with E-state index in [1.165, 1.54) is 0 Å². The molecule has 1 rings (SSSR count). The maximum atomic E-state index is 11.5. The van der Waals surface area contributed by atoms with Crippen LogP contribution in [0.2, 0.25) is 0 Å². The third kappa shape index (κ3) is 5.68. The van der Waals surface area contributed by atoms with Gasteiger partial charge in [0.25, 0.3) is 0 Å². The standard InChI is InChI=1S/C14H22N2O2/c1-3-18-13-7-5-12(6-8-13)10-16-14(17)9-4-11(2)15/h5-8,11H,3-4,9-10,15H2,1-2H3,(H,16,17). The smallest absolute Gasteiger partial charge is 0.220 e. The normalized spacial score (nSPS) is 11.9. The number of rotatable bonds is 7. The lowest BCUT2D eigenvalue weighted by Gasteiger charge is -2.08. The van der Waals surface area contributed by atoms with E-state index in [2.05, 4.69) is 5.32 Å².